The molecule has 0 aliphatic rings. The van der Waals surface area contributed by atoms with E-state index in [1.807, 2.05) is 0 Å². The van der Waals surface area contributed by atoms with Crippen molar-refractivity contribution in [3.05, 3.63) is 34.3 Å². The smallest absolute Gasteiger partial charge is 0.421 e. The van der Waals surface area contributed by atoms with Gasteiger partial charge in [0, 0.05) is 4.47 Å². The molecule has 5 N–H and O–H groups in total. The Kier molecular flexibility index (Phi) is 7.53. The Hall–Kier alpha value is -1.15. The molecule has 1 amide bonds. The fraction of sp³-hybridized carbons (Fsp3) is 0.200. The quantitative estimate of drug-likeness (QED) is 0.286. The molecule has 0 saturated carbocycles. The maximum absolute atomic E-state index is 10.7. The molecule has 0 fully saturated rings. The average molecular weight is 339 g/mol. The number of benzene rings is 1. The number of amides is 1. The molecular formula is C10H13BrClN3O3. The maximum atomic E-state index is 10.7. The second kappa shape index (κ2) is 8.04. The van der Waals surface area contributed by atoms with E-state index in [0.717, 1.165) is 4.47 Å². The summed E-state index contributed by atoms with van der Waals surface area (Å²) in [5.41, 5.74) is 2.29. The monoisotopic (exact) mass is 337 g/mol. The summed E-state index contributed by atoms with van der Waals surface area (Å²) in [4.78, 5) is 10.7. The molecule has 1 unspecified atom stereocenters. The standard InChI is InChI=1S/C10H12BrN3O3.ClH/c11-7-3-1-6(2-4-7)9(12)8(15)5-17-10(16)14-13;/h1-4,8,12,15H,5,13H2,(H,14,16);1H. The van der Waals surface area contributed by atoms with Crippen molar-refractivity contribution < 1.29 is 14.6 Å². The maximum Gasteiger partial charge on any atom is 0.421 e. The van der Waals surface area contributed by atoms with Crippen LogP contribution in [0.15, 0.2) is 28.7 Å². The first-order chi connectivity index (χ1) is 8.04. The Balaban J connectivity index is 0.00000289. The van der Waals surface area contributed by atoms with Gasteiger partial charge in [-0.2, -0.15) is 0 Å². The first-order valence-electron chi connectivity index (χ1n) is 4.70. The number of nitrogens with two attached hydrogens (primary N) is 1. The van der Waals surface area contributed by atoms with Crippen molar-refractivity contribution in [2.24, 2.45) is 5.84 Å². The molecule has 0 radical (unpaired) electrons. The Morgan fingerprint density at radius 2 is 2.06 bits per heavy atom. The van der Waals surface area contributed by atoms with Gasteiger partial charge in [-0.1, -0.05) is 28.1 Å². The molecule has 1 atom stereocenters. The topological polar surface area (TPSA) is 108 Å². The first kappa shape index (κ1) is 16.9. The van der Waals surface area contributed by atoms with Crippen LogP contribution in [-0.4, -0.2) is 29.6 Å². The summed E-state index contributed by atoms with van der Waals surface area (Å²) in [6.07, 6.45) is -2.04. The minimum Gasteiger partial charge on any atom is -0.445 e. The van der Waals surface area contributed by atoms with E-state index >= 15 is 0 Å². The van der Waals surface area contributed by atoms with Crippen molar-refractivity contribution in [3.63, 3.8) is 0 Å². The predicted octanol–water partition coefficient (Wildman–Crippen LogP) is 1.20. The van der Waals surface area contributed by atoms with Gasteiger partial charge in [0.05, 0.1) is 5.71 Å². The lowest BCUT2D eigenvalue weighted by Gasteiger charge is -2.12. The number of hydrogen-bond acceptors (Lipinski definition) is 5. The van der Waals surface area contributed by atoms with Gasteiger partial charge in [-0.25, -0.2) is 10.6 Å². The van der Waals surface area contributed by atoms with E-state index in [-0.39, 0.29) is 24.7 Å². The van der Waals surface area contributed by atoms with Gasteiger partial charge >= 0.3 is 6.09 Å². The molecule has 6 nitrogen and oxygen atoms in total. The third-order valence-corrected chi connectivity index (χ3v) is 2.51. The molecule has 1 aromatic carbocycles. The molecule has 18 heavy (non-hydrogen) atoms. The number of hydrogen-bond donors (Lipinski definition) is 4. The molecule has 0 spiro atoms. The molecular weight excluding hydrogens is 325 g/mol. The van der Waals surface area contributed by atoms with Gasteiger partial charge in [-0.05, 0) is 17.7 Å². The Morgan fingerprint density at radius 1 is 1.50 bits per heavy atom. The van der Waals surface area contributed by atoms with E-state index in [1.165, 1.54) is 0 Å². The number of carbonyl (C=O) groups excluding carboxylic acids is 1. The second-order valence-corrected chi connectivity index (χ2v) is 4.09. The summed E-state index contributed by atoms with van der Waals surface area (Å²) >= 11 is 3.27. The SMILES string of the molecule is Cl.N=C(c1ccc(Br)cc1)C(O)COC(=O)NN. The van der Waals surface area contributed by atoms with E-state index in [9.17, 15) is 9.90 Å². The fourth-order valence-electron chi connectivity index (χ4n) is 1.10. The van der Waals surface area contributed by atoms with Crippen LogP contribution in [0.5, 0.6) is 0 Å². The third-order valence-electron chi connectivity index (χ3n) is 1.98. The van der Waals surface area contributed by atoms with Crippen molar-refractivity contribution in [2.75, 3.05) is 6.61 Å². The number of rotatable bonds is 4. The molecule has 0 aliphatic heterocycles. The first-order valence-corrected chi connectivity index (χ1v) is 5.49. The normalized spacial score (nSPS) is 11.1. The summed E-state index contributed by atoms with van der Waals surface area (Å²) in [7, 11) is 0. The van der Waals surface area contributed by atoms with Crippen molar-refractivity contribution in [2.45, 2.75) is 6.10 Å². The van der Waals surface area contributed by atoms with Crippen LogP contribution < -0.4 is 11.3 Å². The largest absolute Gasteiger partial charge is 0.445 e. The number of nitrogens with one attached hydrogen (secondary N) is 2. The molecule has 0 heterocycles. The molecule has 1 rings (SSSR count). The molecule has 8 heteroatoms. The molecule has 0 saturated heterocycles. The third kappa shape index (κ3) is 5.01. The lowest BCUT2D eigenvalue weighted by atomic mass is 10.1. The molecule has 1 aromatic rings. The van der Waals surface area contributed by atoms with E-state index in [1.54, 1.807) is 29.7 Å². The van der Waals surface area contributed by atoms with Crippen LogP contribution in [0.4, 0.5) is 4.79 Å². The highest BCUT2D eigenvalue weighted by molar-refractivity contribution is 9.10. The zero-order valence-electron chi connectivity index (χ0n) is 9.22. The van der Waals surface area contributed by atoms with Crippen LogP contribution in [0, 0.1) is 5.41 Å². The number of halogens is 2. The predicted molar refractivity (Wildman–Crippen MR) is 72.9 cm³/mol. The van der Waals surface area contributed by atoms with Crippen LogP contribution in [0.1, 0.15) is 5.56 Å². The van der Waals surface area contributed by atoms with Crippen molar-refractivity contribution in [1.29, 1.82) is 5.41 Å². The summed E-state index contributed by atoms with van der Waals surface area (Å²) in [6.45, 7) is -0.321. The van der Waals surface area contributed by atoms with Gasteiger partial charge in [-0.3, -0.25) is 5.43 Å². The molecule has 0 aromatic heterocycles. The number of ether oxygens (including phenoxy) is 1. The van der Waals surface area contributed by atoms with E-state index < -0.39 is 12.2 Å². The molecule has 100 valence electrons. The second-order valence-electron chi connectivity index (χ2n) is 3.18. The van der Waals surface area contributed by atoms with Gasteiger partial charge < -0.3 is 15.3 Å². The van der Waals surface area contributed by atoms with Gasteiger partial charge in [0.15, 0.2) is 0 Å². The summed E-state index contributed by atoms with van der Waals surface area (Å²) in [5.74, 6) is 4.80. The van der Waals surface area contributed by atoms with Crippen molar-refractivity contribution >= 4 is 40.1 Å². The van der Waals surface area contributed by atoms with Gasteiger partial charge in [0.1, 0.15) is 12.7 Å². The van der Waals surface area contributed by atoms with Crippen LogP contribution >= 0.6 is 28.3 Å². The van der Waals surface area contributed by atoms with Crippen molar-refractivity contribution in [3.8, 4) is 0 Å². The van der Waals surface area contributed by atoms with Crippen LogP contribution in [0.2, 0.25) is 0 Å². The zero-order chi connectivity index (χ0) is 12.8. The summed E-state index contributed by atoms with van der Waals surface area (Å²) in [6, 6.07) is 6.87. The Labute approximate surface area is 119 Å². The van der Waals surface area contributed by atoms with Crippen molar-refractivity contribution in [1.82, 2.24) is 5.43 Å². The lowest BCUT2D eigenvalue weighted by molar-refractivity contribution is 0.0989. The van der Waals surface area contributed by atoms with Crippen LogP contribution in [0.25, 0.3) is 0 Å². The fourth-order valence-corrected chi connectivity index (χ4v) is 1.37. The average Bonchev–Trinajstić information content (AvgIpc) is 2.35. The number of aliphatic hydroxyl groups excluding tert-OH is 1. The van der Waals surface area contributed by atoms with E-state index in [2.05, 4.69) is 20.7 Å². The lowest BCUT2D eigenvalue weighted by Crippen LogP contribution is -2.35. The van der Waals surface area contributed by atoms with Crippen LogP contribution in [-0.2, 0) is 4.74 Å². The summed E-state index contributed by atoms with van der Waals surface area (Å²) in [5, 5.41) is 17.3. The summed E-state index contributed by atoms with van der Waals surface area (Å²) < 4.78 is 5.42. The minimum atomic E-state index is -1.19. The van der Waals surface area contributed by atoms with Crippen LogP contribution in [0.3, 0.4) is 0 Å². The van der Waals surface area contributed by atoms with E-state index in [0.29, 0.717) is 5.56 Å². The number of hydrazine groups is 1. The minimum absolute atomic E-state index is 0. The van der Waals surface area contributed by atoms with Gasteiger partial charge in [0.25, 0.3) is 0 Å². The Morgan fingerprint density at radius 3 is 2.56 bits per heavy atom. The highest BCUT2D eigenvalue weighted by Crippen LogP contribution is 2.12. The highest BCUT2D eigenvalue weighted by atomic mass is 79.9. The Bertz CT molecular complexity index is 413. The molecule has 0 bridgehead atoms. The highest BCUT2D eigenvalue weighted by Gasteiger charge is 2.15. The number of aliphatic hydroxyl groups is 1. The number of carbonyl (C=O) groups is 1. The van der Waals surface area contributed by atoms with Gasteiger partial charge in [0.2, 0.25) is 0 Å². The molecule has 0 aliphatic carbocycles. The zero-order valence-corrected chi connectivity index (χ0v) is 11.6. The van der Waals surface area contributed by atoms with E-state index in [4.69, 9.17) is 11.3 Å². The van der Waals surface area contributed by atoms with Gasteiger partial charge in [-0.15, -0.1) is 12.4 Å².